The van der Waals surface area contributed by atoms with Crippen LogP contribution >= 0.6 is 23.4 Å². The Kier molecular flexibility index (Phi) is 6.91. The molecule has 6 nitrogen and oxygen atoms in total. The Balaban J connectivity index is 1.61. The van der Waals surface area contributed by atoms with Gasteiger partial charge in [-0.2, -0.15) is 0 Å². The van der Waals surface area contributed by atoms with Crippen molar-refractivity contribution < 1.29 is 9.59 Å². The van der Waals surface area contributed by atoms with Crippen LogP contribution in [-0.4, -0.2) is 39.0 Å². The lowest BCUT2D eigenvalue weighted by Crippen LogP contribution is -2.42. The Morgan fingerprint density at radius 1 is 1.24 bits per heavy atom. The number of benzene rings is 2. The first kappa shape index (κ1) is 23.5. The summed E-state index contributed by atoms with van der Waals surface area (Å²) in [5.74, 6) is 0.718. The lowest BCUT2D eigenvalue weighted by atomic mass is 10.0. The fourth-order valence-electron chi connectivity index (χ4n) is 3.82. The van der Waals surface area contributed by atoms with Crippen LogP contribution in [0.25, 0.3) is 0 Å². The van der Waals surface area contributed by atoms with E-state index in [2.05, 4.69) is 19.2 Å². The second-order valence-electron chi connectivity index (χ2n) is 8.65. The van der Waals surface area contributed by atoms with Gasteiger partial charge in [-0.25, -0.2) is 9.89 Å². The molecule has 0 spiro atoms. The summed E-state index contributed by atoms with van der Waals surface area (Å²) in [5, 5.41) is 3.60. The Labute approximate surface area is 203 Å². The highest BCUT2D eigenvalue weighted by Crippen LogP contribution is 2.36. The van der Waals surface area contributed by atoms with Crippen LogP contribution < -0.4 is 5.32 Å². The van der Waals surface area contributed by atoms with Gasteiger partial charge in [0.05, 0.1) is 10.9 Å². The third-order valence-electron chi connectivity index (χ3n) is 5.59. The maximum Gasteiger partial charge on any atom is 0.259 e. The average Bonchev–Trinajstić information content (AvgIpc) is 3.10. The third kappa shape index (κ3) is 4.84. The molecule has 33 heavy (non-hydrogen) atoms. The molecule has 1 N–H and O–H groups in total. The summed E-state index contributed by atoms with van der Waals surface area (Å²) in [7, 11) is 0. The van der Waals surface area contributed by atoms with Crippen LogP contribution in [0, 0.1) is 12.8 Å². The van der Waals surface area contributed by atoms with Crippen LogP contribution in [0.3, 0.4) is 0 Å². The highest BCUT2D eigenvalue weighted by atomic mass is 35.5. The van der Waals surface area contributed by atoms with Crippen LogP contribution in [0.5, 0.6) is 0 Å². The van der Waals surface area contributed by atoms with E-state index in [1.807, 2.05) is 50.2 Å². The molecule has 0 saturated carbocycles. The quantitative estimate of drug-likeness (QED) is 0.565. The number of rotatable bonds is 6. The summed E-state index contributed by atoms with van der Waals surface area (Å²) in [5.41, 5.74) is 3.19. The Hall–Kier alpha value is -2.64. The van der Waals surface area contributed by atoms with Gasteiger partial charge in [-0.15, -0.1) is 0 Å². The zero-order valence-electron chi connectivity index (χ0n) is 19.1. The number of hydrogen-bond donors (Lipinski definition) is 1. The number of nitrogens with zero attached hydrogens (tertiary/aromatic N) is 3. The molecule has 2 aliphatic heterocycles. The molecule has 2 aromatic carbocycles. The predicted molar refractivity (Wildman–Crippen MR) is 137 cm³/mol. The summed E-state index contributed by atoms with van der Waals surface area (Å²) in [6.07, 6.45) is 1.24. The van der Waals surface area contributed by atoms with Gasteiger partial charge in [0, 0.05) is 16.3 Å². The van der Waals surface area contributed by atoms with Crippen LogP contribution in [-0.2, 0) is 9.59 Å². The van der Waals surface area contributed by atoms with Crippen molar-refractivity contribution in [2.45, 2.75) is 51.8 Å². The molecule has 0 radical (unpaired) electrons. The highest BCUT2D eigenvalue weighted by molar-refractivity contribution is 8.15. The molecule has 0 bridgehead atoms. The topological polar surface area (TPSA) is 74.1 Å². The second kappa shape index (κ2) is 9.69. The maximum atomic E-state index is 13.3. The number of anilines is 1. The highest BCUT2D eigenvalue weighted by Gasteiger charge is 2.42. The van der Waals surface area contributed by atoms with Gasteiger partial charge in [-0.05, 0) is 55.5 Å². The van der Waals surface area contributed by atoms with Crippen molar-refractivity contribution in [1.82, 2.24) is 4.90 Å². The van der Waals surface area contributed by atoms with Gasteiger partial charge in [-0.1, -0.05) is 62.3 Å². The van der Waals surface area contributed by atoms with Gasteiger partial charge in [0.15, 0.2) is 5.17 Å². The van der Waals surface area contributed by atoms with E-state index in [1.165, 1.54) is 11.8 Å². The number of halogens is 1. The monoisotopic (exact) mass is 482 g/mol. The van der Waals surface area contributed by atoms with Gasteiger partial charge < -0.3 is 5.32 Å². The molecular weight excluding hydrogens is 456 g/mol. The standard InChI is InChI=1S/C25H27ClN4O2S/c1-5-21(23(31)27-16-11-10-15(4)18(26)13-16)33-25-29-19-9-7-6-8-17(19)22-28-20(12-14(2)3)24(32)30(22)25/h6-11,13-14,20-21H,5,12H2,1-4H3,(H,27,31)/t20-,21+/m0/s1. The molecule has 2 atom stereocenters. The average molecular weight is 483 g/mol. The van der Waals surface area contributed by atoms with Crippen molar-refractivity contribution in [3.63, 3.8) is 0 Å². The van der Waals surface area contributed by atoms with Crippen molar-refractivity contribution in [1.29, 1.82) is 0 Å². The Morgan fingerprint density at radius 2 is 2.00 bits per heavy atom. The van der Waals surface area contributed by atoms with Crippen molar-refractivity contribution in [3.8, 4) is 0 Å². The van der Waals surface area contributed by atoms with Crippen molar-refractivity contribution in [2.75, 3.05) is 5.32 Å². The number of carbonyl (C=O) groups excluding carboxylic acids is 2. The van der Waals surface area contributed by atoms with Gasteiger partial charge in [-0.3, -0.25) is 14.6 Å². The summed E-state index contributed by atoms with van der Waals surface area (Å²) >= 11 is 7.50. The molecule has 0 unspecified atom stereocenters. The number of aryl methyl sites for hydroxylation is 1. The minimum absolute atomic E-state index is 0.0833. The molecule has 2 aromatic rings. The molecule has 0 aromatic heterocycles. The first-order chi connectivity index (χ1) is 15.8. The van der Waals surface area contributed by atoms with E-state index < -0.39 is 11.3 Å². The van der Waals surface area contributed by atoms with Crippen molar-refractivity contribution in [2.24, 2.45) is 15.9 Å². The van der Waals surface area contributed by atoms with E-state index in [4.69, 9.17) is 21.6 Å². The minimum atomic E-state index is -0.438. The number of para-hydroxylation sites is 1. The maximum absolute atomic E-state index is 13.3. The molecule has 0 fully saturated rings. The van der Waals surface area contributed by atoms with E-state index in [9.17, 15) is 9.59 Å². The fourth-order valence-corrected chi connectivity index (χ4v) is 5.02. The van der Waals surface area contributed by atoms with Gasteiger partial charge in [0.25, 0.3) is 5.91 Å². The molecular formula is C25H27ClN4O2S. The summed E-state index contributed by atoms with van der Waals surface area (Å²) in [4.78, 5) is 37.5. The number of hydrogen-bond acceptors (Lipinski definition) is 5. The number of amidine groups is 2. The molecule has 172 valence electrons. The first-order valence-corrected chi connectivity index (χ1v) is 12.4. The number of fused-ring (bicyclic) bond motifs is 3. The summed E-state index contributed by atoms with van der Waals surface area (Å²) < 4.78 is 0. The molecule has 2 heterocycles. The van der Waals surface area contributed by atoms with Gasteiger partial charge in [0.2, 0.25) is 5.91 Å². The van der Waals surface area contributed by atoms with Crippen molar-refractivity contribution in [3.05, 3.63) is 58.6 Å². The predicted octanol–water partition coefficient (Wildman–Crippen LogP) is 5.80. The fraction of sp³-hybridized carbons (Fsp3) is 0.360. The summed E-state index contributed by atoms with van der Waals surface area (Å²) in [6, 6.07) is 12.7. The molecule has 2 amide bonds. The van der Waals surface area contributed by atoms with Crippen LogP contribution in [0.15, 0.2) is 52.4 Å². The minimum Gasteiger partial charge on any atom is -0.325 e. The lowest BCUT2D eigenvalue weighted by Gasteiger charge is -2.27. The first-order valence-electron chi connectivity index (χ1n) is 11.1. The summed E-state index contributed by atoms with van der Waals surface area (Å²) in [6.45, 7) is 8.02. The van der Waals surface area contributed by atoms with E-state index >= 15 is 0 Å². The van der Waals surface area contributed by atoms with E-state index in [0.717, 1.165) is 16.8 Å². The van der Waals surface area contributed by atoms with E-state index in [-0.39, 0.29) is 11.8 Å². The smallest absolute Gasteiger partial charge is 0.259 e. The lowest BCUT2D eigenvalue weighted by molar-refractivity contribution is -0.125. The SMILES string of the molecule is CC[C@@H](SC1=Nc2ccccc2C2=N[C@@H](CC(C)C)C(=O)N12)C(=O)Nc1ccc(C)c(Cl)c1. The number of thioether (sulfide) groups is 1. The second-order valence-corrected chi connectivity index (χ2v) is 10.2. The molecule has 0 saturated heterocycles. The van der Waals surface area contributed by atoms with Gasteiger partial charge in [0.1, 0.15) is 11.9 Å². The number of carbonyl (C=O) groups is 2. The number of amides is 2. The normalized spacial score (nSPS) is 17.9. The van der Waals surface area contributed by atoms with Gasteiger partial charge >= 0.3 is 0 Å². The molecule has 2 aliphatic rings. The zero-order valence-corrected chi connectivity index (χ0v) is 20.7. The van der Waals surface area contributed by atoms with E-state index in [0.29, 0.717) is 40.5 Å². The van der Waals surface area contributed by atoms with Crippen molar-refractivity contribution >= 4 is 57.6 Å². The molecule has 0 aliphatic carbocycles. The molecule has 4 rings (SSSR count). The number of aliphatic imine (C=N–C) groups is 2. The molecule has 8 heteroatoms. The third-order valence-corrected chi connectivity index (χ3v) is 7.32. The van der Waals surface area contributed by atoms with Crippen LogP contribution in [0.2, 0.25) is 5.02 Å². The van der Waals surface area contributed by atoms with E-state index in [1.54, 1.807) is 11.0 Å². The number of nitrogens with one attached hydrogen (secondary N) is 1. The van der Waals surface area contributed by atoms with Crippen LogP contribution in [0.1, 0.15) is 44.7 Å². The largest absolute Gasteiger partial charge is 0.325 e. The zero-order chi connectivity index (χ0) is 23.7. The van der Waals surface area contributed by atoms with Crippen LogP contribution in [0.4, 0.5) is 11.4 Å². The Morgan fingerprint density at radius 3 is 2.70 bits per heavy atom. The Bertz CT molecular complexity index is 1160.